The molecule has 0 radical (unpaired) electrons. The Balaban J connectivity index is 0.978. The van der Waals surface area contributed by atoms with Crippen LogP contribution in [0.2, 0.25) is 0 Å². The first kappa shape index (κ1) is 23.6. The van der Waals surface area contributed by atoms with E-state index >= 15 is 0 Å². The molecular weight excluding hydrogens is 428 g/mol. The third kappa shape index (κ3) is 5.74. The minimum absolute atomic E-state index is 0.253. The lowest BCUT2D eigenvalue weighted by atomic mass is 9.84. The zero-order chi connectivity index (χ0) is 23.3. The molecule has 186 valence electrons. The van der Waals surface area contributed by atoms with Crippen LogP contribution in [0.4, 0.5) is 5.82 Å². The van der Waals surface area contributed by atoms with Crippen molar-refractivity contribution in [2.24, 2.45) is 11.8 Å². The van der Waals surface area contributed by atoms with E-state index in [1.807, 2.05) is 18.2 Å². The molecule has 0 spiro atoms. The first-order valence-corrected chi connectivity index (χ1v) is 13.3. The summed E-state index contributed by atoms with van der Waals surface area (Å²) in [4.78, 5) is 17.4. The molecule has 34 heavy (non-hydrogen) atoms. The molecule has 1 N–H and O–H groups in total. The Morgan fingerprint density at radius 1 is 1.06 bits per heavy atom. The Hall–Kier alpha value is -2.12. The molecule has 7 heteroatoms. The van der Waals surface area contributed by atoms with Gasteiger partial charge in [-0.05, 0) is 81.9 Å². The third-order valence-corrected chi connectivity index (χ3v) is 8.40. The first-order valence-electron chi connectivity index (χ1n) is 13.3. The normalized spacial score (nSPS) is 28.4. The second-order valence-corrected chi connectivity index (χ2v) is 10.6. The summed E-state index contributed by atoms with van der Waals surface area (Å²) in [5.41, 5.74) is 0.866. The van der Waals surface area contributed by atoms with Gasteiger partial charge in [-0.15, -0.1) is 0 Å². The summed E-state index contributed by atoms with van der Waals surface area (Å²) in [6.07, 6.45) is 10.3. The minimum atomic E-state index is 0.253. The summed E-state index contributed by atoms with van der Waals surface area (Å²) in [6.45, 7) is 5.34. The van der Waals surface area contributed by atoms with Crippen molar-refractivity contribution in [1.29, 1.82) is 0 Å². The lowest BCUT2D eigenvalue weighted by molar-refractivity contribution is -0.123. The lowest BCUT2D eigenvalue weighted by Gasteiger charge is -2.36. The number of fused-ring (bicyclic) bond motifs is 1. The molecule has 0 unspecified atom stereocenters. The van der Waals surface area contributed by atoms with Crippen LogP contribution in [0, 0.1) is 11.8 Å². The molecule has 1 aromatic heterocycles. The average Bonchev–Trinajstić information content (AvgIpc) is 3.51. The van der Waals surface area contributed by atoms with E-state index < -0.39 is 0 Å². The molecule has 0 bridgehead atoms. The second kappa shape index (κ2) is 11.1. The van der Waals surface area contributed by atoms with Gasteiger partial charge in [0.05, 0.1) is 11.5 Å². The number of carbonyl (C=O) groups excluding carboxylic acids is 1. The van der Waals surface area contributed by atoms with Gasteiger partial charge in [0.25, 0.3) is 0 Å². The van der Waals surface area contributed by atoms with Gasteiger partial charge in [-0.1, -0.05) is 17.3 Å². The number of aromatic nitrogens is 1. The van der Waals surface area contributed by atoms with Crippen molar-refractivity contribution in [1.82, 2.24) is 15.4 Å². The third-order valence-electron chi connectivity index (χ3n) is 8.40. The molecule has 2 aliphatic carbocycles. The summed E-state index contributed by atoms with van der Waals surface area (Å²) < 4.78 is 10.9. The Labute approximate surface area is 203 Å². The molecule has 5 rings (SSSR count). The van der Waals surface area contributed by atoms with Crippen molar-refractivity contribution < 1.29 is 14.1 Å². The van der Waals surface area contributed by atoms with Crippen LogP contribution >= 0.6 is 0 Å². The summed E-state index contributed by atoms with van der Waals surface area (Å²) in [5.74, 6) is 2.54. The van der Waals surface area contributed by atoms with Crippen LogP contribution < -0.4 is 10.2 Å². The first-order chi connectivity index (χ1) is 16.7. The fourth-order valence-electron chi connectivity index (χ4n) is 6.22. The van der Waals surface area contributed by atoms with Crippen molar-refractivity contribution in [2.45, 2.75) is 69.9 Å². The van der Waals surface area contributed by atoms with Gasteiger partial charge < -0.3 is 19.5 Å². The molecule has 2 atom stereocenters. The quantitative estimate of drug-likeness (QED) is 0.626. The largest absolute Gasteiger partial charge is 0.381 e. The predicted molar refractivity (Wildman–Crippen MR) is 134 cm³/mol. The summed E-state index contributed by atoms with van der Waals surface area (Å²) >= 11 is 0. The molecule has 1 aliphatic heterocycles. The van der Waals surface area contributed by atoms with E-state index in [9.17, 15) is 4.79 Å². The number of amides is 1. The number of rotatable bonds is 8. The van der Waals surface area contributed by atoms with Crippen LogP contribution in [0.5, 0.6) is 0 Å². The van der Waals surface area contributed by atoms with Crippen molar-refractivity contribution in [3.05, 3.63) is 24.3 Å². The Kier molecular flexibility index (Phi) is 7.70. The predicted octanol–water partition coefficient (Wildman–Crippen LogP) is 4.22. The van der Waals surface area contributed by atoms with Gasteiger partial charge in [0.2, 0.25) is 5.91 Å². The Morgan fingerprint density at radius 3 is 2.59 bits per heavy atom. The Bertz CT molecular complexity index is 931. The Morgan fingerprint density at radius 2 is 1.82 bits per heavy atom. The smallest absolute Gasteiger partial charge is 0.220 e. The molecule has 1 aromatic carbocycles. The standard InChI is InChI=1S/C27H40N4O3/c1-33-23-11-8-21(18-23)19-26(32)28-22-9-6-20(7-10-22)12-13-30-14-16-31(17-15-30)27-24-4-2-3-5-25(24)34-29-27/h2-5,20-23H,6-19H2,1H3,(H,28,32)/t20-,21-,22-,23-/m0/s1. The number of hydrogen-bond acceptors (Lipinski definition) is 6. The van der Waals surface area contributed by atoms with Crippen LogP contribution in [0.3, 0.4) is 0 Å². The number of nitrogens with one attached hydrogen (secondary N) is 1. The molecule has 1 saturated heterocycles. The van der Waals surface area contributed by atoms with Gasteiger partial charge in [-0.2, -0.15) is 0 Å². The second-order valence-electron chi connectivity index (χ2n) is 10.6. The molecule has 7 nitrogen and oxygen atoms in total. The van der Waals surface area contributed by atoms with Crippen molar-refractivity contribution in [3.8, 4) is 0 Å². The van der Waals surface area contributed by atoms with Crippen molar-refractivity contribution >= 4 is 22.7 Å². The summed E-state index contributed by atoms with van der Waals surface area (Å²) in [6, 6.07) is 8.49. The highest BCUT2D eigenvalue weighted by atomic mass is 16.5. The average molecular weight is 469 g/mol. The minimum Gasteiger partial charge on any atom is -0.381 e. The SMILES string of the molecule is CO[C@H]1CC[C@H](CC(=O)N[C@H]2CC[C@H](CCN3CCN(c4noc5ccccc45)CC3)CC2)C1. The highest BCUT2D eigenvalue weighted by molar-refractivity contribution is 5.88. The molecule has 1 amide bonds. The van der Waals surface area contributed by atoms with Gasteiger partial charge >= 0.3 is 0 Å². The maximum absolute atomic E-state index is 12.5. The van der Waals surface area contributed by atoms with Crippen LogP contribution in [0.15, 0.2) is 28.8 Å². The summed E-state index contributed by atoms with van der Waals surface area (Å²) in [7, 11) is 1.78. The zero-order valence-corrected chi connectivity index (χ0v) is 20.6. The number of ether oxygens (including phenoxy) is 1. The van der Waals surface area contributed by atoms with Crippen LogP contribution in [0.25, 0.3) is 11.0 Å². The molecule has 3 aliphatic rings. The highest BCUT2D eigenvalue weighted by Gasteiger charge is 2.28. The number of para-hydroxylation sites is 1. The van der Waals surface area contributed by atoms with Crippen LogP contribution in [0.1, 0.15) is 57.8 Å². The fourth-order valence-corrected chi connectivity index (χ4v) is 6.22. The number of anilines is 1. The van der Waals surface area contributed by atoms with Gasteiger partial charge in [0, 0.05) is 45.8 Å². The highest BCUT2D eigenvalue weighted by Crippen LogP contribution is 2.31. The van der Waals surface area contributed by atoms with Crippen LogP contribution in [-0.4, -0.2) is 67.9 Å². The number of carbonyl (C=O) groups is 1. The van der Waals surface area contributed by atoms with E-state index in [4.69, 9.17) is 9.26 Å². The van der Waals surface area contributed by atoms with E-state index in [-0.39, 0.29) is 5.91 Å². The molecule has 2 heterocycles. The van der Waals surface area contributed by atoms with Gasteiger partial charge in [0.1, 0.15) is 0 Å². The van der Waals surface area contributed by atoms with Crippen LogP contribution in [-0.2, 0) is 9.53 Å². The number of benzene rings is 1. The van der Waals surface area contributed by atoms with Crippen molar-refractivity contribution in [2.75, 3.05) is 44.7 Å². The van der Waals surface area contributed by atoms with E-state index in [2.05, 4.69) is 26.3 Å². The maximum Gasteiger partial charge on any atom is 0.220 e. The topological polar surface area (TPSA) is 70.8 Å². The fraction of sp³-hybridized carbons (Fsp3) is 0.704. The summed E-state index contributed by atoms with van der Waals surface area (Å²) in [5, 5.41) is 8.76. The monoisotopic (exact) mass is 468 g/mol. The van der Waals surface area contributed by atoms with Gasteiger partial charge in [0.15, 0.2) is 11.4 Å². The molecular formula is C27H40N4O3. The van der Waals surface area contributed by atoms with Gasteiger partial charge in [-0.25, -0.2) is 0 Å². The number of nitrogens with zero attached hydrogens (tertiary/aromatic N) is 3. The number of piperazine rings is 1. The van der Waals surface area contributed by atoms with E-state index in [0.717, 1.165) is 81.0 Å². The van der Waals surface area contributed by atoms with E-state index in [1.165, 1.54) is 25.8 Å². The lowest BCUT2D eigenvalue weighted by Crippen LogP contribution is -2.47. The van der Waals surface area contributed by atoms with E-state index in [1.54, 1.807) is 7.11 Å². The zero-order valence-electron chi connectivity index (χ0n) is 20.6. The molecule has 3 fully saturated rings. The number of hydrogen-bond donors (Lipinski definition) is 1. The van der Waals surface area contributed by atoms with E-state index in [0.29, 0.717) is 24.5 Å². The number of methoxy groups -OCH3 is 1. The van der Waals surface area contributed by atoms with Gasteiger partial charge in [-0.3, -0.25) is 9.69 Å². The molecule has 2 saturated carbocycles. The van der Waals surface area contributed by atoms with Crippen molar-refractivity contribution in [3.63, 3.8) is 0 Å². The maximum atomic E-state index is 12.5. The molecule has 2 aromatic rings.